The maximum Gasteiger partial charge on any atom is 0.311 e. The van der Waals surface area contributed by atoms with Gasteiger partial charge in [-0.1, -0.05) is 6.08 Å². The molecular weight excluding hydrogens is 212 g/mol. The average Bonchev–Trinajstić information content (AvgIpc) is 2.21. The Morgan fingerprint density at radius 3 is 2.25 bits per heavy atom. The van der Waals surface area contributed by atoms with Gasteiger partial charge in [0.25, 0.3) is 0 Å². The Labute approximate surface area is 95.4 Å². The molecular formula is C11H20O5. The van der Waals surface area contributed by atoms with Gasteiger partial charge in [0, 0.05) is 0 Å². The van der Waals surface area contributed by atoms with Gasteiger partial charge in [0.1, 0.15) is 24.9 Å². The van der Waals surface area contributed by atoms with E-state index in [-0.39, 0.29) is 6.61 Å². The van der Waals surface area contributed by atoms with Gasteiger partial charge in [0.15, 0.2) is 0 Å². The van der Waals surface area contributed by atoms with E-state index in [0.29, 0.717) is 0 Å². The van der Waals surface area contributed by atoms with Gasteiger partial charge in [-0.15, -0.1) is 6.58 Å². The molecule has 3 N–H and O–H groups in total. The normalized spacial score (nSPS) is 17.4. The molecule has 0 saturated carbocycles. The Morgan fingerprint density at radius 2 is 1.88 bits per heavy atom. The van der Waals surface area contributed by atoms with Crippen LogP contribution in [-0.4, -0.2) is 46.2 Å². The number of rotatable bonds is 5. The summed E-state index contributed by atoms with van der Waals surface area (Å²) in [4.78, 5) is 11.3. The van der Waals surface area contributed by atoms with Crippen molar-refractivity contribution in [2.75, 3.05) is 6.61 Å². The highest BCUT2D eigenvalue weighted by atomic mass is 16.5. The minimum atomic E-state index is -1.41. The predicted molar refractivity (Wildman–Crippen MR) is 58.6 cm³/mol. The van der Waals surface area contributed by atoms with Gasteiger partial charge < -0.3 is 20.1 Å². The fraction of sp³-hybridized carbons (Fsp3) is 0.727. The summed E-state index contributed by atoms with van der Waals surface area (Å²) in [5.74, 6) is -0.480. The van der Waals surface area contributed by atoms with Crippen LogP contribution in [0.1, 0.15) is 20.8 Å². The van der Waals surface area contributed by atoms with E-state index in [4.69, 9.17) is 9.84 Å². The number of carbonyl (C=O) groups is 1. The Bertz CT molecular complexity index is 243. The first kappa shape index (κ1) is 15.1. The molecule has 94 valence electrons. The lowest BCUT2D eigenvalue weighted by Gasteiger charge is -2.22. The first-order valence-corrected chi connectivity index (χ1v) is 5.04. The highest BCUT2D eigenvalue weighted by Crippen LogP contribution is 2.15. The fourth-order valence-electron chi connectivity index (χ4n) is 0.843. The van der Waals surface area contributed by atoms with Gasteiger partial charge in [-0.3, -0.25) is 4.79 Å². The summed E-state index contributed by atoms with van der Waals surface area (Å²) in [5, 5.41) is 27.9. The topological polar surface area (TPSA) is 87.0 Å². The monoisotopic (exact) mass is 232 g/mol. The smallest absolute Gasteiger partial charge is 0.311 e. The number of aliphatic hydroxyl groups is 3. The summed E-state index contributed by atoms with van der Waals surface area (Å²) in [5.41, 5.74) is -0.665. The standard InChI is InChI=1S/C11H20O5/c1-5-7(12)9(14)8(13)6-16-10(15)11(2,3)4/h5,7-9,12-14H,1,6H2,2-4H3/t7-,8+,9-/m0/s1. The van der Waals surface area contributed by atoms with Crippen LogP contribution in [0.25, 0.3) is 0 Å². The lowest BCUT2D eigenvalue weighted by Crippen LogP contribution is -2.40. The number of carbonyl (C=O) groups excluding carboxylic acids is 1. The molecule has 0 amide bonds. The summed E-state index contributed by atoms with van der Waals surface area (Å²) in [7, 11) is 0. The quantitative estimate of drug-likeness (QED) is 0.453. The lowest BCUT2D eigenvalue weighted by molar-refractivity contribution is -0.159. The van der Waals surface area contributed by atoms with E-state index in [0.717, 1.165) is 6.08 Å². The third kappa shape index (κ3) is 4.74. The number of aliphatic hydroxyl groups excluding tert-OH is 3. The molecule has 0 fully saturated rings. The second-order valence-electron chi connectivity index (χ2n) is 4.63. The molecule has 0 bridgehead atoms. The second kappa shape index (κ2) is 5.98. The lowest BCUT2D eigenvalue weighted by atomic mass is 9.97. The molecule has 5 heteroatoms. The van der Waals surface area contributed by atoms with Crippen molar-refractivity contribution in [2.45, 2.75) is 39.1 Å². The van der Waals surface area contributed by atoms with E-state index < -0.39 is 29.7 Å². The van der Waals surface area contributed by atoms with E-state index in [9.17, 15) is 15.0 Å². The zero-order valence-electron chi connectivity index (χ0n) is 9.88. The van der Waals surface area contributed by atoms with Crippen molar-refractivity contribution in [1.82, 2.24) is 0 Å². The number of ether oxygens (including phenoxy) is 1. The first-order valence-electron chi connectivity index (χ1n) is 5.04. The SMILES string of the molecule is C=C[C@H](O)[C@H](O)[C@H](O)COC(=O)C(C)(C)C. The highest BCUT2D eigenvalue weighted by molar-refractivity contribution is 5.75. The Balaban J connectivity index is 4.12. The summed E-state index contributed by atoms with van der Waals surface area (Å²) >= 11 is 0. The number of esters is 1. The molecule has 0 saturated heterocycles. The van der Waals surface area contributed by atoms with Crippen LogP contribution in [0.5, 0.6) is 0 Å². The van der Waals surface area contributed by atoms with Crippen molar-refractivity contribution in [3.63, 3.8) is 0 Å². The van der Waals surface area contributed by atoms with E-state index in [1.807, 2.05) is 0 Å². The van der Waals surface area contributed by atoms with Crippen molar-refractivity contribution in [3.8, 4) is 0 Å². The van der Waals surface area contributed by atoms with Crippen LogP contribution in [-0.2, 0) is 9.53 Å². The number of hydrogen-bond acceptors (Lipinski definition) is 5. The Hall–Kier alpha value is -0.910. The minimum Gasteiger partial charge on any atom is -0.462 e. The number of hydrogen-bond donors (Lipinski definition) is 3. The van der Waals surface area contributed by atoms with Crippen LogP contribution >= 0.6 is 0 Å². The van der Waals surface area contributed by atoms with E-state index in [1.165, 1.54) is 0 Å². The van der Waals surface area contributed by atoms with Crippen LogP contribution in [0.3, 0.4) is 0 Å². The van der Waals surface area contributed by atoms with Crippen LogP contribution in [0, 0.1) is 5.41 Å². The Kier molecular flexibility index (Phi) is 5.64. The summed E-state index contributed by atoms with van der Waals surface area (Å²) < 4.78 is 4.79. The third-order valence-corrected chi connectivity index (χ3v) is 1.98. The van der Waals surface area contributed by atoms with Crippen molar-refractivity contribution in [2.24, 2.45) is 5.41 Å². The van der Waals surface area contributed by atoms with Gasteiger partial charge in [-0.2, -0.15) is 0 Å². The molecule has 0 aromatic carbocycles. The summed E-state index contributed by atoms with van der Waals surface area (Å²) in [6.45, 7) is 7.94. The molecule has 0 aromatic rings. The van der Waals surface area contributed by atoms with Gasteiger partial charge in [0.2, 0.25) is 0 Å². The van der Waals surface area contributed by atoms with Crippen molar-refractivity contribution >= 4 is 5.97 Å². The van der Waals surface area contributed by atoms with E-state index >= 15 is 0 Å². The van der Waals surface area contributed by atoms with Crippen LogP contribution in [0.2, 0.25) is 0 Å². The second-order valence-corrected chi connectivity index (χ2v) is 4.63. The highest BCUT2D eigenvalue weighted by Gasteiger charge is 2.27. The molecule has 0 aromatic heterocycles. The molecule has 0 rings (SSSR count). The molecule has 0 radical (unpaired) electrons. The summed E-state index contributed by atoms with van der Waals surface area (Å²) in [6, 6.07) is 0. The molecule has 16 heavy (non-hydrogen) atoms. The summed E-state index contributed by atoms with van der Waals surface area (Å²) in [6.07, 6.45) is -2.90. The molecule has 0 aliphatic rings. The largest absolute Gasteiger partial charge is 0.462 e. The maximum absolute atomic E-state index is 11.3. The van der Waals surface area contributed by atoms with Crippen molar-refractivity contribution in [1.29, 1.82) is 0 Å². The van der Waals surface area contributed by atoms with Gasteiger partial charge in [-0.05, 0) is 20.8 Å². The third-order valence-electron chi connectivity index (χ3n) is 1.98. The molecule has 0 aliphatic carbocycles. The molecule has 0 spiro atoms. The fourth-order valence-corrected chi connectivity index (χ4v) is 0.843. The van der Waals surface area contributed by atoms with E-state index in [2.05, 4.69) is 6.58 Å². The Morgan fingerprint density at radius 1 is 1.38 bits per heavy atom. The average molecular weight is 232 g/mol. The van der Waals surface area contributed by atoms with Crippen molar-refractivity contribution in [3.05, 3.63) is 12.7 Å². The van der Waals surface area contributed by atoms with Crippen LogP contribution < -0.4 is 0 Å². The van der Waals surface area contributed by atoms with Gasteiger partial charge in [-0.25, -0.2) is 0 Å². The molecule has 3 atom stereocenters. The zero-order chi connectivity index (χ0) is 12.9. The van der Waals surface area contributed by atoms with Crippen LogP contribution in [0.15, 0.2) is 12.7 Å². The van der Waals surface area contributed by atoms with Crippen LogP contribution in [0.4, 0.5) is 0 Å². The predicted octanol–water partition coefficient (Wildman–Crippen LogP) is -0.156. The maximum atomic E-state index is 11.3. The van der Waals surface area contributed by atoms with Gasteiger partial charge in [0.05, 0.1) is 5.41 Å². The molecule has 0 unspecified atom stereocenters. The minimum absolute atomic E-state index is 0.359. The van der Waals surface area contributed by atoms with Crippen molar-refractivity contribution < 1.29 is 24.9 Å². The van der Waals surface area contributed by atoms with E-state index in [1.54, 1.807) is 20.8 Å². The molecule has 0 heterocycles. The molecule has 0 aliphatic heterocycles. The zero-order valence-corrected chi connectivity index (χ0v) is 9.88. The van der Waals surface area contributed by atoms with Gasteiger partial charge >= 0.3 is 5.97 Å². The molecule has 5 nitrogen and oxygen atoms in total. The first-order chi connectivity index (χ1) is 7.20.